The molecule has 3 heteroatoms. The van der Waals surface area contributed by atoms with Gasteiger partial charge in [0.15, 0.2) is 0 Å². The van der Waals surface area contributed by atoms with Crippen molar-refractivity contribution in [2.24, 2.45) is 0 Å². The first-order valence-electron chi connectivity index (χ1n) is 5.34. The third kappa shape index (κ3) is 4.11. The van der Waals surface area contributed by atoms with Crippen LogP contribution in [0.25, 0.3) is 0 Å². The number of rotatable bonds is 5. The maximum absolute atomic E-state index is 11.7. The quantitative estimate of drug-likeness (QED) is 0.849. The number of hydrogen-bond donors (Lipinski definition) is 1. The third-order valence-electron chi connectivity index (χ3n) is 2.15. The van der Waals surface area contributed by atoms with E-state index in [4.69, 9.17) is 0 Å². The van der Waals surface area contributed by atoms with Crippen molar-refractivity contribution in [1.29, 1.82) is 0 Å². The topological polar surface area (TPSA) is 29.1 Å². The van der Waals surface area contributed by atoms with Crippen LogP contribution in [0.5, 0.6) is 0 Å². The van der Waals surface area contributed by atoms with Crippen LogP contribution >= 0.6 is 11.8 Å². The molecule has 0 aromatic heterocycles. The molecule has 0 aliphatic heterocycles. The molecule has 0 heterocycles. The Kier molecular flexibility index (Phi) is 5.72. The monoisotopic (exact) mass is 235 g/mol. The molecule has 0 unspecified atom stereocenters. The molecule has 0 saturated carbocycles. The Morgan fingerprint density at radius 3 is 2.62 bits per heavy atom. The number of carbonyl (C=O) groups is 1. The summed E-state index contributed by atoms with van der Waals surface area (Å²) in [5, 5.41) is 2.91. The lowest BCUT2D eigenvalue weighted by molar-refractivity contribution is 0.0957. The highest BCUT2D eigenvalue weighted by atomic mass is 32.2. The van der Waals surface area contributed by atoms with Crippen LogP contribution < -0.4 is 5.32 Å². The number of carbonyl (C=O) groups excluding carboxylic acids is 1. The van der Waals surface area contributed by atoms with E-state index in [0.29, 0.717) is 12.1 Å². The number of thioether (sulfide) groups is 1. The predicted molar refractivity (Wildman–Crippen MR) is 70.7 cm³/mol. The lowest BCUT2D eigenvalue weighted by Crippen LogP contribution is -2.24. The molecule has 0 aliphatic rings. The van der Waals surface area contributed by atoms with E-state index in [1.165, 1.54) is 4.91 Å². The van der Waals surface area contributed by atoms with Crippen molar-refractivity contribution in [3.05, 3.63) is 46.9 Å². The van der Waals surface area contributed by atoms with Crippen molar-refractivity contribution in [2.45, 2.75) is 13.3 Å². The summed E-state index contributed by atoms with van der Waals surface area (Å²) in [4.78, 5) is 12.9. The summed E-state index contributed by atoms with van der Waals surface area (Å²) in [6.07, 6.45) is 5.16. The predicted octanol–water partition coefficient (Wildman–Crippen LogP) is 3.07. The van der Waals surface area contributed by atoms with Crippen molar-refractivity contribution in [2.75, 3.05) is 12.8 Å². The highest BCUT2D eigenvalue weighted by Gasteiger charge is 2.04. The number of hydrogen-bond acceptors (Lipinski definition) is 2. The minimum atomic E-state index is -0.0170. The summed E-state index contributed by atoms with van der Waals surface area (Å²) >= 11 is 1.68. The Bertz CT molecular complexity index is 359. The van der Waals surface area contributed by atoms with Crippen molar-refractivity contribution < 1.29 is 4.79 Å². The molecule has 2 nitrogen and oxygen atoms in total. The van der Waals surface area contributed by atoms with Gasteiger partial charge in [0.25, 0.3) is 5.91 Å². The summed E-state index contributed by atoms with van der Waals surface area (Å²) in [5.74, 6) is -0.0170. The average molecular weight is 235 g/mol. The Morgan fingerprint density at radius 1 is 1.38 bits per heavy atom. The lowest BCUT2D eigenvalue weighted by Gasteiger charge is -2.06. The molecule has 0 atom stereocenters. The maximum Gasteiger partial charge on any atom is 0.251 e. The van der Waals surface area contributed by atoms with E-state index >= 15 is 0 Å². The molecule has 86 valence electrons. The fourth-order valence-electron chi connectivity index (χ4n) is 1.31. The Morgan fingerprint density at radius 2 is 2.06 bits per heavy atom. The standard InChI is InChI=1S/C13H17NOS/c1-3-7-12(16-2)10-14-13(15)11-8-5-4-6-9-11/h4-9H,3,10H2,1-2H3,(H,14,15)/b12-7-. The molecule has 0 saturated heterocycles. The second kappa shape index (κ2) is 7.12. The van der Waals surface area contributed by atoms with Gasteiger partial charge in [0, 0.05) is 12.1 Å². The van der Waals surface area contributed by atoms with Gasteiger partial charge in [0.2, 0.25) is 0 Å². The zero-order valence-electron chi connectivity index (χ0n) is 9.69. The van der Waals surface area contributed by atoms with Crippen molar-refractivity contribution in [1.82, 2.24) is 5.32 Å². The third-order valence-corrected chi connectivity index (χ3v) is 2.99. The first-order chi connectivity index (χ1) is 7.77. The van der Waals surface area contributed by atoms with Gasteiger partial charge < -0.3 is 5.32 Å². The molecule has 1 aromatic rings. The summed E-state index contributed by atoms with van der Waals surface area (Å²) in [5.41, 5.74) is 0.708. The van der Waals surface area contributed by atoms with Gasteiger partial charge in [-0.1, -0.05) is 31.2 Å². The van der Waals surface area contributed by atoms with Crippen LogP contribution in [-0.2, 0) is 0 Å². The van der Waals surface area contributed by atoms with Crippen molar-refractivity contribution >= 4 is 17.7 Å². The smallest absolute Gasteiger partial charge is 0.251 e. The number of amides is 1. The second-order valence-electron chi connectivity index (χ2n) is 3.33. The summed E-state index contributed by atoms with van der Waals surface area (Å²) in [6, 6.07) is 9.27. The molecular formula is C13H17NOS. The molecular weight excluding hydrogens is 218 g/mol. The van der Waals surface area contributed by atoms with Crippen LogP contribution in [0.3, 0.4) is 0 Å². The minimum Gasteiger partial charge on any atom is -0.347 e. The van der Waals surface area contributed by atoms with Gasteiger partial charge in [-0.3, -0.25) is 4.79 Å². The second-order valence-corrected chi connectivity index (χ2v) is 4.26. The average Bonchev–Trinajstić information content (AvgIpc) is 2.35. The SMILES string of the molecule is CC/C=C(/CNC(=O)c1ccccc1)SC. The molecule has 1 aromatic carbocycles. The zero-order valence-corrected chi connectivity index (χ0v) is 10.5. The molecule has 1 rings (SSSR count). The fraction of sp³-hybridized carbons (Fsp3) is 0.308. The first-order valence-corrected chi connectivity index (χ1v) is 6.56. The van der Waals surface area contributed by atoms with E-state index in [1.54, 1.807) is 11.8 Å². The van der Waals surface area contributed by atoms with Crippen LogP contribution in [0, 0.1) is 0 Å². The van der Waals surface area contributed by atoms with E-state index in [2.05, 4.69) is 18.3 Å². The molecule has 0 aliphatic carbocycles. The van der Waals surface area contributed by atoms with Crippen LogP contribution in [0.4, 0.5) is 0 Å². The fourth-order valence-corrected chi connectivity index (χ4v) is 1.86. The number of benzene rings is 1. The molecule has 0 bridgehead atoms. The highest BCUT2D eigenvalue weighted by molar-refractivity contribution is 8.02. The Hall–Kier alpha value is -1.22. The van der Waals surface area contributed by atoms with Crippen LogP contribution in [-0.4, -0.2) is 18.7 Å². The lowest BCUT2D eigenvalue weighted by atomic mass is 10.2. The largest absolute Gasteiger partial charge is 0.347 e. The zero-order chi connectivity index (χ0) is 11.8. The summed E-state index contributed by atoms with van der Waals surface area (Å²) in [7, 11) is 0. The van der Waals surface area contributed by atoms with Gasteiger partial charge in [-0.2, -0.15) is 0 Å². The Balaban J connectivity index is 2.50. The van der Waals surface area contributed by atoms with Crippen LogP contribution in [0.1, 0.15) is 23.7 Å². The van der Waals surface area contributed by atoms with E-state index in [0.717, 1.165) is 6.42 Å². The number of allylic oxidation sites excluding steroid dienone is 1. The van der Waals surface area contributed by atoms with E-state index in [1.807, 2.05) is 36.6 Å². The normalized spacial score (nSPS) is 11.2. The molecule has 0 spiro atoms. The number of nitrogens with one attached hydrogen (secondary N) is 1. The van der Waals surface area contributed by atoms with Crippen LogP contribution in [0.15, 0.2) is 41.3 Å². The molecule has 0 fully saturated rings. The maximum atomic E-state index is 11.7. The van der Waals surface area contributed by atoms with Crippen molar-refractivity contribution in [3.8, 4) is 0 Å². The van der Waals surface area contributed by atoms with Crippen molar-refractivity contribution in [3.63, 3.8) is 0 Å². The van der Waals surface area contributed by atoms with Gasteiger partial charge >= 0.3 is 0 Å². The van der Waals surface area contributed by atoms with Gasteiger partial charge in [-0.15, -0.1) is 11.8 Å². The Labute approximate surface area is 101 Å². The molecule has 16 heavy (non-hydrogen) atoms. The first kappa shape index (κ1) is 12.8. The highest BCUT2D eigenvalue weighted by Crippen LogP contribution is 2.11. The summed E-state index contributed by atoms with van der Waals surface area (Å²) < 4.78 is 0. The van der Waals surface area contributed by atoms with E-state index in [9.17, 15) is 4.79 Å². The molecule has 0 radical (unpaired) electrons. The van der Waals surface area contributed by atoms with E-state index in [-0.39, 0.29) is 5.91 Å². The van der Waals surface area contributed by atoms with E-state index < -0.39 is 0 Å². The van der Waals surface area contributed by atoms with Gasteiger partial charge in [-0.25, -0.2) is 0 Å². The minimum absolute atomic E-state index is 0.0170. The van der Waals surface area contributed by atoms with Gasteiger partial charge in [0.1, 0.15) is 0 Å². The van der Waals surface area contributed by atoms with Gasteiger partial charge in [0.05, 0.1) is 0 Å². The summed E-state index contributed by atoms with van der Waals surface area (Å²) in [6.45, 7) is 2.71. The molecule has 1 amide bonds. The van der Waals surface area contributed by atoms with Crippen LogP contribution in [0.2, 0.25) is 0 Å². The molecule has 1 N–H and O–H groups in total. The van der Waals surface area contributed by atoms with Gasteiger partial charge in [-0.05, 0) is 29.7 Å².